The van der Waals surface area contributed by atoms with Gasteiger partial charge in [0, 0.05) is 101 Å². The monoisotopic (exact) mass is 631 g/mol. The molecular weight excluding hydrogens is 548 g/mol. The summed E-state index contributed by atoms with van der Waals surface area (Å²) in [5.74, 6) is 3.53. The molecule has 0 aromatic heterocycles. The molecule has 268 valence electrons. The fourth-order valence-corrected chi connectivity index (χ4v) is 4.07. The average molecular weight is 631 g/mol. The molecule has 0 spiro atoms. The van der Waals surface area contributed by atoms with Gasteiger partial charge in [-0.25, -0.2) is 0 Å². The Kier molecular flexibility index (Phi) is 32.3. The Hall–Kier alpha value is -1.62. The van der Waals surface area contributed by atoms with Crippen molar-refractivity contribution in [2.24, 2.45) is 21.8 Å². The molecule has 0 atom stereocenters. The maximum Gasteiger partial charge on any atom is 0.195 e. The molecule has 0 saturated heterocycles. The van der Waals surface area contributed by atoms with Crippen LogP contribution in [-0.4, -0.2) is 201 Å². The lowest BCUT2D eigenvalue weighted by molar-refractivity contribution is 0.241. The highest BCUT2D eigenvalue weighted by Crippen LogP contribution is 1.99. The van der Waals surface area contributed by atoms with Crippen molar-refractivity contribution in [1.29, 1.82) is 0 Å². The van der Waals surface area contributed by atoms with Gasteiger partial charge in [0.2, 0.25) is 0 Å². The normalized spacial score (nSPS) is 12.0. The Bertz CT molecular complexity index is 680. The van der Waals surface area contributed by atoms with Gasteiger partial charge < -0.3 is 39.2 Å². The van der Waals surface area contributed by atoms with Gasteiger partial charge in [-0.15, -0.1) is 0 Å². The Balaban J connectivity index is -0.000000251. The Morgan fingerprint density at radius 1 is 0.432 bits per heavy atom. The van der Waals surface area contributed by atoms with E-state index in [1.54, 1.807) is 0 Å². The van der Waals surface area contributed by atoms with E-state index >= 15 is 0 Å². The van der Waals surface area contributed by atoms with Crippen molar-refractivity contribution in [1.82, 2.24) is 39.2 Å². The van der Waals surface area contributed by atoms with Crippen molar-refractivity contribution in [3.8, 4) is 0 Å². The standard InChI is InChI=1S/C11H26N4.C9H21N3.C8H20N2.C6H15N/c1-10(2)14(6)8-9-15(7)11(12-3)13(4)5;1-8(2)7-12(6)9(10-3)11(4)5;1-8(2)10(5)7-6-9(3)4;1-6(2)5-7(3)4/h10H,8-9H2,1-7H3;8H,7H2,1-6H3;8H,6-7H2,1-5H3;6H,5H2,1-4H3. The summed E-state index contributed by atoms with van der Waals surface area (Å²) >= 11 is 0. The lowest BCUT2D eigenvalue weighted by Gasteiger charge is -2.29. The summed E-state index contributed by atoms with van der Waals surface area (Å²) in [6.07, 6.45) is 0. The Labute approximate surface area is 278 Å². The highest BCUT2D eigenvalue weighted by Gasteiger charge is 2.10. The summed E-state index contributed by atoms with van der Waals surface area (Å²) in [7, 11) is 28.6. The van der Waals surface area contributed by atoms with Crippen LogP contribution in [-0.2, 0) is 0 Å². The molecule has 44 heavy (non-hydrogen) atoms. The van der Waals surface area contributed by atoms with E-state index < -0.39 is 0 Å². The highest BCUT2D eigenvalue weighted by molar-refractivity contribution is 5.79. The Morgan fingerprint density at radius 3 is 1.00 bits per heavy atom. The van der Waals surface area contributed by atoms with E-state index in [1.807, 2.05) is 52.1 Å². The zero-order chi connectivity index (χ0) is 35.7. The van der Waals surface area contributed by atoms with Crippen LogP contribution in [0.5, 0.6) is 0 Å². The van der Waals surface area contributed by atoms with Crippen LogP contribution < -0.4 is 0 Å². The molecule has 10 nitrogen and oxygen atoms in total. The summed E-state index contributed by atoms with van der Waals surface area (Å²) in [5.41, 5.74) is 0. The maximum atomic E-state index is 4.26. The van der Waals surface area contributed by atoms with E-state index in [-0.39, 0.29) is 0 Å². The molecular formula is C34H82N10. The number of hydrogen-bond acceptors (Lipinski definition) is 6. The van der Waals surface area contributed by atoms with Gasteiger partial charge in [0.1, 0.15) is 0 Å². The zero-order valence-electron chi connectivity index (χ0n) is 34.0. The van der Waals surface area contributed by atoms with Crippen molar-refractivity contribution < 1.29 is 0 Å². The summed E-state index contributed by atoms with van der Waals surface area (Å²) < 4.78 is 0. The fourth-order valence-electron chi connectivity index (χ4n) is 4.07. The molecule has 0 fully saturated rings. The third-order valence-electron chi connectivity index (χ3n) is 6.70. The van der Waals surface area contributed by atoms with Crippen molar-refractivity contribution in [2.45, 2.75) is 67.5 Å². The summed E-state index contributed by atoms with van der Waals surface area (Å²) in [4.78, 5) is 26.0. The predicted octanol–water partition coefficient (Wildman–Crippen LogP) is 4.02. The molecule has 0 N–H and O–H groups in total. The van der Waals surface area contributed by atoms with Gasteiger partial charge in [-0.2, -0.15) is 0 Å². The number of aliphatic imine (C=N–C) groups is 2. The third kappa shape index (κ3) is 31.8. The summed E-state index contributed by atoms with van der Waals surface area (Å²) in [6, 6.07) is 1.26. The van der Waals surface area contributed by atoms with Crippen LogP contribution in [0.4, 0.5) is 0 Å². The molecule has 0 aliphatic rings. The Morgan fingerprint density at radius 2 is 0.773 bits per heavy atom. The minimum absolute atomic E-state index is 0.597. The number of rotatable bonds is 12. The molecule has 0 radical (unpaired) electrons. The van der Waals surface area contributed by atoms with Crippen LogP contribution in [0.1, 0.15) is 55.4 Å². The van der Waals surface area contributed by atoms with Gasteiger partial charge >= 0.3 is 0 Å². The number of nitrogens with zero attached hydrogens (tertiary/aromatic N) is 10. The van der Waals surface area contributed by atoms with Crippen molar-refractivity contribution >= 4 is 11.9 Å². The van der Waals surface area contributed by atoms with E-state index in [0.717, 1.165) is 50.6 Å². The molecule has 0 amide bonds. The van der Waals surface area contributed by atoms with Gasteiger partial charge in [-0.1, -0.05) is 27.7 Å². The maximum absolute atomic E-state index is 4.26. The molecule has 0 heterocycles. The number of hydrogen-bond donors (Lipinski definition) is 0. The minimum Gasteiger partial charge on any atom is -0.349 e. The number of likely N-dealkylation sites (N-methyl/N-ethyl adjacent to an activating group) is 4. The molecule has 10 heteroatoms. The molecule has 0 aliphatic heterocycles. The van der Waals surface area contributed by atoms with Crippen LogP contribution in [0.15, 0.2) is 9.98 Å². The molecule has 0 unspecified atom stereocenters. The first-order valence-electron chi connectivity index (χ1n) is 16.5. The lowest BCUT2D eigenvalue weighted by Crippen LogP contribution is -2.42. The van der Waals surface area contributed by atoms with Crippen molar-refractivity contribution in [2.75, 3.05) is 138 Å². The second-order valence-corrected chi connectivity index (χ2v) is 14.1. The van der Waals surface area contributed by atoms with Crippen LogP contribution in [0.2, 0.25) is 0 Å². The van der Waals surface area contributed by atoms with Gasteiger partial charge in [0.25, 0.3) is 0 Å². The summed E-state index contributed by atoms with van der Waals surface area (Å²) in [6.45, 7) is 24.3. The molecule has 0 rings (SSSR count). The van der Waals surface area contributed by atoms with Crippen molar-refractivity contribution in [3.63, 3.8) is 0 Å². The molecule has 0 aromatic rings. The molecule has 0 bridgehead atoms. The number of guanidine groups is 2. The topological polar surface area (TPSA) is 50.6 Å². The van der Waals surface area contributed by atoms with Gasteiger partial charge in [0.15, 0.2) is 11.9 Å². The van der Waals surface area contributed by atoms with Gasteiger partial charge in [-0.3, -0.25) is 9.98 Å². The van der Waals surface area contributed by atoms with Crippen LogP contribution in [0, 0.1) is 11.8 Å². The molecule has 0 aliphatic carbocycles. The quantitative estimate of drug-likeness (QED) is 0.237. The second-order valence-electron chi connectivity index (χ2n) is 14.1. The molecule has 0 aromatic carbocycles. The SMILES string of the molecule is CC(C)CN(C)C.CC(C)N(C)CCN(C)C.CN=C(N(C)C)N(C)CC(C)C.CN=C(N(C)C)N(C)CCN(C)C(C)C. The zero-order valence-corrected chi connectivity index (χ0v) is 34.0. The largest absolute Gasteiger partial charge is 0.349 e. The third-order valence-corrected chi connectivity index (χ3v) is 6.70. The lowest BCUT2D eigenvalue weighted by atomic mass is 10.2. The van der Waals surface area contributed by atoms with E-state index in [0.29, 0.717) is 18.0 Å². The second kappa shape index (κ2) is 28.8. The van der Waals surface area contributed by atoms with Crippen molar-refractivity contribution in [3.05, 3.63) is 0 Å². The fraction of sp³-hybridized carbons (Fsp3) is 0.941. The summed E-state index contributed by atoms with van der Waals surface area (Å²) in [5, 5.41) is 0. The van der Waals surface area contributed by atoms with E-state index in [9.17, 15) is 0 Å². The first kappa shape index (κ1) is 49.3. The predicted molar refractivity (Wildman–Crippen MR) is 202 cm³/mol. The first-order valence-corrected chi connectivity index (χ1v) is 16.5. The van der Waals surface area contributed by atoms with Gasteiger partial charge in [0.05, 0.1) is 0 Å². The minimum atomic E-state index is 0.597. The smallest absolute Gasteiger partial charge is 0.195 e. The average Bonchev–Trinajstić information content (AvgIpc) is 2.85. The van der Waals surface area contributed by atoms with Gasteiger partial charge in [-0.05, 0) is 88.4 Å². The van der Waals surface area contributed by atoms with E-state index in [4.69, 9.17) is 0 Å². The van der Waals surface area contributed by atoms with E-state index in [2.05, 4.69) is 151 Å². The molecule has 0 saturated carbocycles. The first-order chi connectivity index (χ1) is 20.0. The van der Waals surface area contributed by atoms with Crippen LogP contribution in [0.25, 0.3) is 0 Å². The van der Waals surface area contributed by atoms with Crippen LogP contribution in [0.3, 0.4) is 0 Å². The van der Waals surface area contributed by atoms with E-state index in [1.165, 1.54) is 6.54 Å². The van der Waals surface area contributed by atoms with Crippen LogP contribution >= 0.6 is 0 Å². The highest BCUT2D eigenvalue weighted by atomic mass is 15.4.